The van der Waals surface area contributed by atoms with Crippen molar-refractivity contribution in [2.75, 3.05) is 0 Å². The second kappa shape index (κ2) is 2.51. The standard InChI is InChI=1S/C10H7F4N/c11-7-1-4(10(12,13)14)3-15-9(7)8-5-2-6(5)8/h1,3,5-6,8H,2H2. The Hall–Kier alpha value is -1.13. The lowest BCUT2D eigenvalue weighted by molar-refractivity contribution is -0.138. The first-order valence-corrected chi connectivity index (χ1v) is 4.71. The summed E-state index contributed by atoms with van der Waals surface area (Å²) in [4.78, 5) is 3.59. The lowest BCUT2D eigenvalue weighted by Gasteiger charge is -2.09. The molecule has 1 heterocycles. The topological polar surface area (TPSA) is 12.9 Å². The Labute approximate surface area is 83.1 Å². The van der Waals surface area contributed by atoms with Crippen LogP contribution in [0.4, 0.5) is 17.6 Å². The van der Waals surface area contributed by atoms with Crippen molar-refractivity contribution in [2.45, 2.75) is 18.5 Å². The van der Waals surface area contributed by atoms with Crippen LogP contribution in [0.15, 0.2) is 12.3 Å². The molecule has 0 bridgehead atoms. The zero-order chi connectivity index (χ0) is 10.8. The van der Waals surface area contributed by atoms with Gasteiger partial charge in [0, 0.05) is 12.1 Å². The van der Waals surface area contributed by atoms with Crippen LogP contribution < -0.4 is 0 Å². The molecule has 1 aromatic heterocycles. The van der Waals surface area contributed by atoms with Gasteiger partial charge in [0.2, 0.25) is 0 Å². The fourth-order valence-corrected chi connectivity index (χ4v) is 2.03. The molecular formula is C10H7F4N. The number of aromatic nitrogens is 1. The quantitative estimate of drug-likeness (QED) is 0.659. The third-order valence-corrected chi connectivity index (χ3v) is 3.19. The minimum absolute atomic E-state index is 0.0901. The average molecular weight is 217 g/mol. The SMILES string of the molecule is Fc1cc(C(F)(F)F)cnc1C1C2CC21. The molecule has 2 unspecified atom stereocenters. The predicted molar refractivity (Wildman–Crippen MR) is 43.5 cm³/mol. The Morgan fingerprint density at radius 1 is 1.27 bits per heavy atom. The highest BCUT2D eigenvalue weighted by Gasteiger charge is 2.66. The van der Waals surface area contributed by atoms with Gasteiger partial charge in [-0.25, -0.2) is 4.39 Å². The van der Waals surface area contributed by atoms with Crippen molar-refractivity contribution in [1.82, 2.24) is 4.98 Å². The van der Waals surface area contributed by atoms with E-state index in [4.69, 9.17) is 0 Å². The summed E-state index contributed by atoms with van der Waals surface area (Å²) in [5, 5.41) is 0. The number of fused-ring (bicyclic) bond motifs is 1. The Balaban J connectivity index is 1.93. The molecule has 2 saturated carbocycles. The van der Waals surface area contributed by atoms with Gasteiger partial charge in [-0.2, -0.15) is 13.2 Å². The maximum atomic E-state index is 13.3. The summed E-state index contributed by atoms with van der Waals surface area (Å²) in [6.07, 6.45) is -2.72. The highest BCUT2D eigenvalue weighted by molar-refractivity contribution is 5.33. The van der Waals surface area contributed by atoms with E-state index in [0.29, 0.717) is 17.9 Å². The molecule has 0 N–H and O–H groups in total. The second-order valence-corrected chi connectivity index (χ2v) is 4.18. The Morgan fingerprint density at radius 2 is 1.93 bits per heavy atom. The van der Waals surface area contributed by atoms with E-state index in [2.05, 4.69) is 4.98 Å². The van der Waals surface area contributed by atoms with Gasteiger partial charge in [-0.15, -0.1) is 0 Å². The lowest BCUT2D eigenvalue weighted by atomic mass is 10.1. The van der Waals surface area contributed by atoms with Gasteiger partial charge in [-0.1, -0.05) is 0 Å². The van der Waals surface area contributed by atoms with Crippen LogP contribution in [0.1, 0.15) is 23.6 Å². The molecule has 0 saturated heterocycles. The number of nitrogens with zero attached hydrogens (tertiary/aromatic N) is 1. The minimum atomic E-state index is -4.52. The fraction of sp³-hybridized carbons (Fsp3) is 0.500. The van der Waals surface area contributed by atoms with E-state index in [1.54, 1.807) is 0 Å². The molecule has 80 valence electrons. The van der Waals surface area contributed by atoms with E-state index in [0.717, 1.165) is 12.6 Å². The van der Waals surface area contributed by atoms with Crippen LogP contribution in [-0.4, -0.2) is 4.98 Å². The maximum Gasteiger partial charge on any atom is 0.417 e. The molecule has 1 nitrogen and oxygen atoms in total. The third kappa shape index (κ3) is 1.33. The first kappa shape index (κ1) is 9.12. The van der Waals surface area contributed by atoms with E-state index in [1.165, 1.54) is 0 Å². The summed E-state index contributed by atoms with van der Waals surface area (Å²) in [6.45, 7) is 0. The van der Waals surface area contributed by atoms with Gasteiger partial charge in [0.1, 0.15) is 5.82 Å². The zero-order valence-electron chi connectivity index (χ0n) is 7.55. The van der Waals surface area contributed by atoms with Gasteiger partial charge in [0.25, 0.3) is 0 Å². The Kier molecular flexibility index (Phi) is 1.53. The number of halogens is 4. The van der Waals surface area contributed by atoms with Crippen molar-refractivity contribution < 1.29 is 17.6 Å². The monoisotopic (exact) mass is 217 g/mol. The first-order chi connectivity index (χ1) is 6.98. The summed E-state index contributed by atoms with van der Waals surface area (Å²) in [7, 11) is 0. The highest BCUT2D eigenvalue weighted by Crippen LogP contribution is 2.73. The fourth-order valence-electron chi connectivity index (χ4n) is 2.03. The molecule has 3 rings (SSSR count). The van der Waals surface area contributed by atoms with Crippen LogP contribution in [0, 0.1) is 17.7 Å². The van der Waals surface area contributed by atoms with Crippen molar-refractivity contribution in [3.63, 3.8) is 0 Å². The van der Waals surface area contributed by atoms with E-state index >= 15 is 0 Å². The number of rotatable bonds is 1. The van der Waals surface area contributed by atoms with Gasteiger partial charge in [0.05, 0.1) is 11.3 Å². The van der Waals surface area contributed by atoms with Crippen molar-refractivity contribution in [3.05, 3.63) is 29.3 Å². The molecular weight excluding hydrogens is 210 g/mol. The molecule has 2 aliphatic carbocycles. The van der Waals surface area contributed by atoms with E-state index in [1.807, 2.05) is 0 Å². The van der Waals surface area contributed by atoms with Crippen molar-refractivity contribution >= 4 is 0 Å². The normalized spacial score (nSPS) is 32.4. The summed E-state index contributed by atoms with van der Waals surface area (Å²) in [6, 6.07) is 0.542. The molecule has 0 radical (unpaired) electrons. The molecule has 1 aromatic rings. The molecule has 5 heteroatoms. The molecule has 2 atom stereocenters. The summed E-state index contributed by atoms with van der Waals surface area (Å²) in [5.74, 6) is 0.252. The van der Waals surface area contributed by atoms with Gasteiger partial charge in [0.15, 0.2) is 0 Å². The van der Waals surface area contributed by atoms with E-state index in [9.17, 15) is 17.6 Å². The largest absolute Gasteiger partial charge is 0.417 e. The number of hydrogen-bond acceptors (Lipinski definition) is 1. The minimum Gasteiger partial charge on any atom is -0.257 e. The van der Waals surface area contributed by atoms with Gasteiger partial charge < -0.3 is 0 Å². The van der Waals surface area contributed by atoms with Crippen molar-refractivity contribution in [1.29, 1.82) is 0 Å². The highest BCUT2D eigenvalue weighted by atomic mass is 19.4. The number of hydrogen-bond donors (Lipinski definition) is 0. The van der Waals surface area contributed by atoms with Crippen molar-refractivity contribution in [2.24, 2.45) is 11.8 Å². The second-order valence-electron chi connectivity index (χ2n) is 4.18. The van der Waals surface area contributed by atoms with Crippen LogP contribution in [-0.2, 0) is 6.18 Å². The molecule has 2 fully saturated rings. The zero-order valence-corrected chi connectivity index (χ0v) is 7.55. The van der Waals surface area contributed by atoms with Crippen LogP contribution in [0.5, 0.6) is 0 Å². The smallest absolute Gasteiger partial charge is 0.257 e. The van der Waals surface area contributed by atoms with Gasteiger partial charge >= 0.3 is 6.18 Å². The lowest BCUT2D eigenvalue weighted by Crippen LogP contribution is -2.08. The molecule has 15 heavy (non-hydrogen) atoms. The molecule has 0 aliphatic heterocycles. The molecule has 2 aliphatic rings. The molecule has 0 spiro atoms. The number of alkyl halides is 3. The summed E-state index contributed by atoms with van der Waals surface area (Å²) in [5.41, 5.74) is -0.803. The molecule has 0 amide bonds. The van der Waals surface area contributed by atoms with Crippen LogP contribution in [0.3, 0.4) is 0 Å². The number of pyridine rings is 1. The van der Waals surface area contributed by atoms with Crippen LogP contribution in [0.25, 0.3) is 0 Å². The van der Waals surface area contributed by atoms with Crippen molar-refractivity contribution in [3.8, 4) is 0 Å². The maximum absolute atomic E-state index is 13.3. The Bertz CT molecular complexity index is 418. The third-order valence-electron chi connectivity index (χ3n) is 3.19. The Morgan fingerprint density at radius 3 is 2.33 bits per heavy atom. The predicted octanol–water partition coefficient (Wildman–Crippen LogP) is 2.97. The summed E-state index contributed by atoms with van der Waals surface area (Å²) >= 11 is 0. The first-order valence-electron chi connectivity index (χ1n) is 4.71. The van der Waals surface area contributed by atoms with Crippen LogP contribution >= 0.6 is 0 Å². The average Bonchev–Trinajstić information content (AvgIpc) is 2.94. The van der Waals surface area contributed by atoms with E-state index < -0.39 is 17.6 Å². The van der Waals surface area contributed by atoms with Crippen LogP contribution in [0.2, 0.25) is 0 Å². The summed E-state index contributed by atoms with van der Waals surface area (Å²) < 4.78 is 49.9. The van der Waals surface area contributed by atoms with Gasteiger partial charge in [-0.05, 0) is 24.3 Å². The van der Waals surface area contributed by atoms with E-state index in [-0.39, 0.29) is 11.6 Å². The van der Waals surface area contributed by atoms with Gasteiger partial charge in [-0.3, -0.25) is 4.98 Å². The molecule has 0 aromatic carbocycles.